The van der Waals surface area contributed by atoms with Gasteiger partial charge in [-0.3, -0.25) is 9.36 Å². The minimum atomic E-state index is -0.668. The van der Waals surface area contributed by atoms with Crippen LogP contribution in [0, 0.1) is 6.92 Å². The third-order valence-electron chi connectivity index (χ3n) is 3.25. The second kappa shape index (κ2) is 6.10. The minimum Gasteiger partial charge on any atom is -0.462 e. The van der Waals surface area contributed by atoms with Crippen LogP contribution in [0.3, 0.4) is 0 Å². The lowest BCUT2D eigenvalue weighted by atomic mass is 10.1. The summed E-state index contributed by atoms with van der Waals surface area (Å²) in [5, 5.41) is 2.97. The summed E-state index contributed by atoms with van der Waals surface area (Å²) in [4.78, 5) is 33.3. The molecule has 0 unspecified atom stereocenters. The van der Waals surface area contributed by atoms with Crippen LogP contribution in [-0.2, 0) is 4.74 Å². The number of fused-ring (bicyclic) bond motifs is 1. The maximum absolute atomic E-state index is 12.7. The van der Waals surface area contributed by atoms with Crippen LogP contribution in [0.25, 0.3) is 16.2 Å². The predicted octanol–water partition coefficient (Wildman–Crippen LogP) is 2.98. The van der Waals surface area contributed by atoms with E-state index in [-0.39, 0.29) is 17.3 Å². The maximum atomic E-state index is 12.7. The summed E-state index contributed by atoms with van der Waals surface area (Å²) < 4.78 is 6.57. The van der Waals surface area contributed by atoms with Gasteiger partial charge < -0.3 is 4.74 Å². The molecule has 3 rings (SSSR count). The largest absolute Gasteiger partial charge is 0.462 e. The molecule has 0 spiro atoms. The number of carbonyl (C=O) groups is 1. The number of aromatic nitrogens is 3. The van der Waals surface area contributed by atoms with E-state index >= 15 is 0 Å². The van der Waals surface area contributed by atoms with Crippen LogP contribution in [0.4, 0.5) is 0 Å². The molecule has 0 N–H and O–H groups in total. The van der Waals surface area contributed by atoms with E-state index in [9.17, 15) is 9.59 Å². The van der Waals surface area contributed by atoms with Crippen molar-refractivity contribution in [2.45, 2.75) is 13.8 Å². The molecular formula is C15H12ClN3O3S. The van der Waals surface area contributed by atoms with Crippen LogP contribution in [-0.4, -0.2) is 27.1 Å². The third-order valence-corrected chi connectivity index (χ3v) is 4.21. The third kappa shape index (κ3) is 2.73. The molecule has 8 heteroatoms. The molecule has 3 aromatic rings. The van der Waals surface area contributed by atoms with E-state index in [1.165, 1.54) is 17.5 Å². The fourth-order valence-corrected chi connectivity index (χ4v) is 3.15. The van der Waals surface area contributed by atoms with E-state index in [0.717, 1.165) is 0 Å². The molecule has 0 atom stereocenters. The molecule has 0 aliphatic carbocycles. The Hall–Kier alpha value is -2.25. The molecule has 0 radical (unpaired) electrons. The molecule has 0 aromatic carbocycles. The summed E-state index contributed by atoms with van der Waals surface area (Å²) in [6.45, 7) is 3.62. The first kappa shape index (κ1) is 15.6. The van der Waals surface area contributed by atoms with Crippen molar-refractivity contribution in [3.8, 4) is 5.13 Å². The van der Waals surface area contributed by atoms with Gasteiger partial charge in [-0.05, 0) is 25.5 Å². The van der Waals surface area contributed by atoms with Gasteiger partial charge in [0.05, 0.1) is 12.0 Å². The molecule has 3 aromatic heterocycles. The predicted molar refractivity (Wildman–Crippen MR) is 88.7 cm³/mol. The van der Waals surface area contributed by atoms with Crippen LogP contribution in [0.2, 0.25) is 5.15 Å². The fourth-order valence-electron chi connectivity index (χ4n) is 2.29. The number of ether oxygens (including phenoxy) is 1. The standard InChI is InChI=1S/C15H12ClN3O3S/c1-3-22-14(21)9-7-19(15-17-4-5-23-15)13-11(12(9)20)8(2)6-10(16)18-13/h4-7H,3H2,1-2H3. The Morgan fingerprint density at radius 2 is 2.26 bits per heavy atom. The smallest absolute Gasteiger partial charge is 0.343 e. The number of nitrogens with zero attached hydrogens (tertiary/aromatic N) is 3. The van der Waals surface area contributed by atoms with Gasteiger partial charge in [-0.15, -0.1) is 11.3 Å². The zero-order valence-corrected chi connectivity index (χ0v) is 13.9. The van der Waals surface area contributed by atoms with Gasteiger partial charge in [0, 0.05) is 17.8 Å². The number of halogens is 1. The second-order valence-corrected chi connectivity index (χ2v) is 6.00. The summed E-state index contributed by atoms with van der Waals surface area (Å²) in [5.41, 5.74) is 0.527. The quantitative estimate of drug-likeness (QED) is 0.537. The Labute approximate surface area is 140 Å². The van der Waals surface area contributed by atoms with Crippen molar-refractivity contribution < 1.29 is 9.53 Å². The van der Waals surface area contributed by atoms with Gasteiger partial charge in [-0.25, -0.2) is 14.8 Å². The molecule has 0 amide bonds. The van der Waals surface area contributed by atoms with Crippen LogP contribution < -0.4 is 5.43 Å². The first-order valence-corrected chi connectivity index (χ1v) is 8.08. The molecular weight excluding hydrogens is 338 g/mol. The normalized spacial score (nSPS) is 10.9. The average Bonchev–Trinajstić information content (AvgIpc) is 3.01. The van der Waals surface area contributed by atoms with E-state index < -0.39 is 11.4 Å². The Balaban J connectivity index is 2.43. The number of pyridine rings is 2. The lowest BCUT2D eigenvalue weighted by Gasteiger charge is -2.11. The number of carbonyl (C=O) groups excluding carboxylic acids is 1. The summed E-state index contributed by atoms with van der Waals surface area (Å²) >= 11 is 7.38. The van der Waals surface area contributed by atoms with Gasteiger partial charge in [0.2, 0.25) is 5.43 Å². The number of hydrogen-bond donors (Lipinski definition) is 0. The van der Waals surface area contributed by atoms with Crippen LogP contribution in [0.15, 0.2) is 28.6 Å². The van der Waals surface area contributed by atoms with Gasteiger partial charge in [0.15, 0.2) is 10.8 Å². The minimum absolute atomic E-state index is 0.0539. The molecule has 0 saturated carbocycles. The molecule has 23 heavy (non-hydrogen) atoms. The molecule has 0 bridgehead atoms. The highest BCUT2D eigenvalue weighted by Gasteiger charge is 2.20. The van der Waals surface area contributed by atoms with Gasteiger partial charge in [0.25, 0.3) is 0 Å². The number of rotatable bonds is 3. The van der Waals surface area contributed by atoms with E-state index in [1.807, 2.05) is 0 Å². The zero-order chi connectivity index (χ0) is 16.6. The van der Waals surface area contributed by atoms with Crippen molar-refractivity contribution in [3.63, 3.8) is 0 Å². The Bertz CT molecular complexity index is 951. The monoisotopic (exact) mass is 349 g/mol. The molecule has 6 nitrogen and oxygen atoms in total. The Kier molecular flexibility index (Phi) is 4.14. The number of aryl methyl sites for hydroxylation is 1. The zero-order valence-electron chi connectivity index (χ0n) is 12.4. The van der Waals surface area contributed by atoms with Gasteiger partial charge in [0.1, 0.15) is 10.7 Å². The van der Waals surface area contributed by atoms with Crippen LogP contribution in [0.5, 0.6) is 0 Å². The van der Waals surface area contributed by atoms with E-state index in [4.69, 9.17) is 16.3 Å². The molecule has 3 heterocycles. The van der Waals surface area contributed by atoms with Gasteiger partial charge in [-0.2, -0.15) is 0 Å². The molecule has 118 valence electrons. The van der Waals surface area contributed by atoms with Crippen molar-refractivity contribution in [2.75, 3.05) is 6.61 Å². The first-order valence-electron chi connectivity index (χ1n) is 6.82. The summed E-state index contributed by atoms with van der Waals surface area (Å²) in [7, 11) is 0. The molecule has 0 saturated heterocycles. The highest BCUT2D eigenvalue weighted by atomic mass is 35.5. The SMILES string of the molecule is CCOC(=O)c1cn(-c2nccs2)c2nc(Cl)cc(C)c2c1=O. The van der Waals surface area contributed by atoms with Crippen molar-refractivity contribution in [2.24, 2.45) is 0 Å². The summed E-state index contributed by atoms with van der Waals surface area (Å²) in [6, 6.07) is 1.59. The van der Waals surface area contributed by atoms with Crippen molar-refractivity contribution in [1.29, 1.82) is 0 Å². The van der Waals surface area contributed by atoms with E-state index in [0.29, 0.717) is 21.7 Å². The summed E-state index contributed by atoms with van der Waals surface area (Å²) in [6.07, 6.45) is 3.04. The van der Waals surface area contributed by atoms with E-state index in [2.05, 4.69) is 9.97 Å². The second-order valence-electron chi connectivity index (χ2n) is 4.74. The number of esters is 1. The van der Waals surface area contributed by atoms with Crippen LogP contribution >= 0.6 is 22.9 Å². The maximum Gasteiger partial charge on any atom is 0.343 e. The highest BCUT2D eigenvalue weighted by Crippen LogP contribution is 2.22. The lowest BCUT2D eigenvalue weighted by molar-refractivity contribution is 0.0524. The molecule has 0 aliphatic heterocycles. The Morgan fingerprint density at radius 3 is 2.91 bits per heavy atom. The topological polar surface area (TPSA) is 74.1 Å². The Morgan fingerprint density at radius 1 is 1.48 bits per heavy atom. The average molecular weight is 350 g/mol. The van der Waals surface area contributed by atoms with Gasteiger partial charge >= 0.3 is 5.97 Å². The lowest BCUT2D eigenvalue weighted by Crippen LogP contribution is -2.21. The van der Waals surface area contributed by atoms with Crippen molar-refractivity contribution in [1.82, 2.24) is 14.5 Å². The summed E-state index contributed by atoms with van der Waals surface area (Å²) in [5.74, 6) is -0.668. The van der Waals surface area contributed by atoms with E-state index in [1.54, 1.807) is 36.1 Å². The van der Waals surface area contributed by atoms with Crippen molar-refractivity contribution >= 4 is 39.9 Å². The van der Waals surface area contributed by atoms with Crippen LogP contribution in [0.1, 0.15) is 22.8 Å². The first-order chi connectivity index (χ1) is 11.0. The number of hydrogen-bond acceptors (Lipinski definition) is 6. The number of thiazole rings is 1. The fraction of sp³-hybridized carbons (Fsp3) is 0.200. The molecule has 0 fully saturated rings. The molecule has 0 aliphatic rings. The highest BCUT2D eigenvalue weighted by molar-refractivity contribution is 7.12. The van der Waals surface area contributed by atoms with Crippen molar-refractivity contribution in [3.05, 3.63) is 50.3 Å². The van der Waals surface area contributed by atoms with Gasteiger partial charge in [-0.1, -0.05) is 11.6 Å².